The first kappa shape index (κ1) is 13.1. The minimum Gasteiger partial charge on any atom is -0.319 e. The van der Waals surface area contributed by atoms with Gasteiger partial charge in [-0.25, -0.2) is 4.98 Å². The van der Waals surface area contributed by atoms with Crippen molar-refractivity contribution in [2.75, 3.05) is 5.32 Å². The Morgan fingerprint density at radius 2 is 1.89 bits per heavy atom. The summed E-state index contributed by atoms with van der Waals surface area (Å²) in [5.41, 5.74) is 0.833. The highest BCUT2D eigenvalue weighted by Gasteiger charge is 2.10. The van der Waals surface area contributed by atoms with Gasteiger partial charge in [-0.1, -0.05) is 34.8 Å². The molecule has 1 N–H and O–H groups in total. The van der Waals surface area contributed by atoms with Crippen molar-refractivity contribution in [1.29, 1.82) is 0 Å². The normalized spacial score (nSPS) is 10.2. The van der Waals surface area contributed by atoms with E-state index in [4.69, 9.17) is 34.8 Å². The third kappa shape index (κ3) is 2.93. The number of amides is 1. The molecule has 92 valence electrons. The molecule has 1 aromatic carbocycles. The molecule has 0 fully saturated rings. The lowest BCUT2D eigenvalue weighted by molar-refractivity contribution is 0.102. The van der Waals surface area contributed by atoms with Gasteiger partial charge < -0.3 is 5.32 Å². The molecule has 1 heterocycles. The first-order chi connectivity index (χ1) is 8.58. The molecule has 6 heteroatoms. The first-order valence-corrected chi connectivity index (χ1v) is 6.08. The highest BCUT2D eigenvalue weighted by molar-refractivity contribution is 6.42. The third-order valence-corrected chi connectivity index (χ3v) is 3.23. The molecule has 0 unspecified atom stereocenters. The standard InChI is InChI=1S/C12H7Cl3N2O/c13-8-4-3-7(6-9(8)14)12(18)17-10-2-1-5-16-11(10)15/h1-6H,(H,17,18). The van der Waals surface area contributed by atoms with Gasteiger partial charge in [0.05, 0.1) is 15.7 Å². The van der Waals surface area contributed by atoms with Crippen LogP contribution in [0.5, 0.6) is 0 Å². The van der Waals surface area contributed by atoms with Crippen molar-refractivity contribution >= 4 is 46.4 Å². The van der Waals surface area contributed by atoms with Crippen molar-refractivity contribution in [3.8, 4) is 0 Å². The van der Waals surface area contributed by atoms with Gasteiger partial charge in [0, 0.05) is 11.8 Å². The predicted octanol–water partition coefficient (Wildman–Crippen LogP) is 4.29. The highest BCUT2D eigenvalue weighted by atomic mass is 35.5. The quantitative estimate of drug-likeness (QED) is 0.841. The summed E-state index contributed by atoms with van der Waals surface area (Å²) in [7, 11) is 0. The summed E-state index contributed by atoms with van der Waals surface area (Å²) in [6.07, 6.45) is 1.54. The van der Waals surface area contributed by atoms with Gasteiger partial charge in [-0.15, -0.1) is 0 Å². The molecule has 1 amide bonds. The first-order valence-electron chi connectivity index (χ1n) is 4.95. The molecule has 0 aliphatic carbocycles. The van der Waals surface area contributed by atoms with Crippen LogP contribution in [-0.4, -0.2) is 10.9 Å². The van der Waals surface area contributed by atoms with Crippen LogP contribution in [0.1, 0.15) is 10.4 Å². The van der Waals surface area contributed by atoms with Crippen LogP contribution in [0.3, 0.4) is 0 Å². The number of hydrogen-bond acceptors (Lipinski definition) is 2. The van der Waals surface area contributed by atoms with Crippen LogP contribution in [0.4, 0.5) is 5.69 Å². The molecule has 0 saturated carbocycles. The Balaban J connectivity index is 2.22. The maximum atomic E-state index is 11.9. The Morgan fingerprint density at radius 3 is 2.56 bits per heavy atom. The van der Waals surface area contributed by atoms with Crippen molar-refractivity contribution < 1.29 is 4.79 Å². The third-order valence-electron chi connectivity index (χ3n) is 2.19. The zero-order chi connectivity index (χ0) is 13.1. The molecule has 0 saturated heterocycles. The Bertz CT molecular complexity index is 602. The number of nitrogens with zero attached hydrogens (tertiary/aromatic N) is 1. The van der Waals surface area contributed by atoms with E-state index in [0.717, 1.165) is 0 Å². The Labute approximate surface area is 119 Å². The van der Waals surface area contributed by atoms with Crippen molar-refractivity contribution in [3.05, 3.63) is 57.3 Å². The largest absolute Gasteiger partial charge is 0.319 e. The second-order valence-corrected chi connectivity index (χ2v) is 4.60. The van der Waals surface area contributed by atoms with Gasteiger partial charge >= 0.3 is 0 Å². The lowest BCUT2D eigenvalue weighted by Gasteiger charge is -2.06. The van der Waals surface area contributed by atoms with E-state index in [1.807, 2.05) is 0 Å². The van der Waals surface area contributed by atoms with Gasteiger partial charge in [-0.3, -0.25) is 4.79 Å². The average Bonchev–Trinajstić information content (AvgIpc) is 2.35. The van der Waals surface area contributed by atoms with E-state index in [0.29, 0.717) is 21.3 Å². The van der Waals surface area contributed by atoms with Crippen LogP contribution in [0, 0.1) is 0 Å². The summed E-state index contributed by atoms with van der Waals surface area (Å²) in [4.78, 5) is 15.8. The van der Waals surface area contributed by atoms with Crippen LogP contribution in [0.15, 0.2) is 36.5 Å². The predicted molar refractivity (Wildman–Crippen MR) is 73.7 cm³/mol. The van der Waals surface area contributed by atoms with Crippen molar-refractivity contribution in [2.24, 2.45) is 0 Å². The Kier molecular flexibility index (Phi) is 4.07. The van der Waals surface area contributed by atoms with Crippen molar-refractivity contribution in [1.82, 2.24) is 4.98 Å². The number of anilines is 1. The zero-order valence-electron chi connectivity index (χ0n) is 8.95. The summed E-state index contributed by atoms with van der Waals surface area (Å²) < 4.78 is 0. The number of benzene rings is 1. The number of hydrogen-bond donors (Lipinski definition) is 1. The van der Waals surface area contributed by atoms with Gasteiger partial charge in [0.15, 0.2) is 5.15 Å². The Hall–Kier alpha value is -1.29. The van der Waals surface area contributed by atoms with Gasteiger partial charge in [0.25, 0.3) is 5.91 Å². The van der Waals surface area contributed by atoms with Gasteiger partial charge in [0.1, 0.15) is 0 Å². The van der Waals surface area contributed by atoms with E-state index in [-0.39, 0.29) is 11.1 Å². The molecule has 0 atom stereocenters. The van der Waals surface area contributed by atoms with Crippen LogP contribution in [-0.2, 0) is 0 Å². The van der Waals surface area contributed by atoms with E-state index in [1.54, 1.807) is 24.3 Å². The van der Waals surface area contributed by atoms with E-state index in [1.165, 1.54) is 12.3 Å². The van der Waals surface area contributed by atoms with Gasteiger partial charge in [-0.05, 0) is 30.3 Å². The van der Waals surface area contributed by atoms with Crippen molar-refractivity contribution in [2.45, 2.75) is 0 Å². The number of carbonyl (C=O) groups is 1. The molecule has 1 aromatic heterocycles. The number of pyridine rings is 1. The minimum absolute atomic E-state index is 0.228. The van der Waals surface area contributed by atoms with Crippen LogP contribution in [0.25, 0.3) is 0 Å². The maximum absolute atomic E-state index is 11.9. The van der Waals surface area contributed by atoms with Gasteiger partial charge in [0.2, 0.25) is 0 Å². The number of halogens is 3. The van der Waals surface area contributed by atoms with Gasteiger partial charge in [-0.2, -0.15) is 0 Å². The number of nitrogens with one attached hydrogen (secondary N) is 1. The molecule has 0 aliphatic rings. The summed E-state index contributed by atoms with van der Waals surface area (Å²) in [6.45, 7) is 0. The van der Waals surface area contributed by atoms with Crippen LogP contribution >= 0.6 is 34.8 Å². The van der Waals surface area contributed by atoms with Crippen LogP contribution in [0.2, 0.25) is 15.2 Å². The molecular formula is C12H7Cl3N2O. The molecule has 0 radical (unpaired) electrons. The van der Waals surface area contributed by atoms with Crippen molar-refractivity contribution in [3.63, 3.8) is 0 Å². The summed E-state index contributed by atoms with van der Waals surface area (Å²) in [5, 5.41) is 3.58. The molecule has 0 bridgehead atoms. The summed E-state index contributed by atoms with van der Waals surface area (Å²) >= 11 is 17.5. The number of aromatic nitrogens is 1. The summed E-state index contributed by atoms with van der Waals surface area (Å²) in [5.74, 6) is -0.330. The second kappa shape index (κ2) is 5.57. The molecule has 3 nitrogen and oxygen atoms in total. The fourth-order valence-corrected chi connectivity index (χ4v) is 1.78. The number of rotatable bonds is 2. The Morgan fingerprint density at radius 1 is 1.11 bits per heavy atom. The lowest BCUT2D eigenvalue weighted by Crippen LogP contribution is -2.12. The molecule has 0 spiro atoms. The summed E-state index contributed by atoms with van der Waals surface area (Å²) in [6, 6.07) is 7.96. The fraction of sp³-hybridized carbons (Fsp3) is 0. The zero-order valence-corrected chi connectivity index (χ0v) is 11.2. The molecule has 18 heavy (non-hydrogen) atoms. The smallest absolute Gasteiger partial charge is 0.255 e. The van der Waals surface area contributed by atoms with Crippen LogP contribution < -0.4 is 5.32 Å². The van der Waals surface area contributed by atoms with E-state index in [2.05, 4.69) is 10.3 Å². The second-order valence-electron chi connectivity index (χ2n) is 3.42. The minimum atomic E-state index is -0.330. The van der Waals surface area contributed by atoms with E-state index >= 15 is 0 Å². The maximum Gasteiger partial charge on any atom is 0.255 e. The molecule has 2 aromatic rings. The average molecular weight is 302 g/mol. The molecule has 0 aliphatic heterocycles. The lowest BCUT2D eigenvalue weighted by atomic mass is 10.2. The van der Waals surface area contributed by atoms with E-state index in [9.17, 15) is 4.79 Å². The highest BCUT2D eigenvalue weighted by Crippen LogP contribution is 2.24. The monoisotopic (exact) mass is 300 g/mol. The van der Waals surface area contributed by atoms with E-state index < -0.39 is 0 Å². The SMILES string of the molecule is O=C(Nc1cccnc1Cl)c1ccc(Cl)c(Cl)c1. The number of carbonyl (C=O) groups excluding carboxylic acids is 1. The fourth-order valence-electron chi connectivity index (χ4n) is 1.31. The topological polar surface area (TPSA) is 42.0 Å². The molecular weight excluding hydrogens is 295 g/mol. The molecule has 2 rings (SSSR count).